The van der Waals surface area contributed by atoms with Gasteiger partial charge in [0, 0.05) is 0 Å². The van der Waals surface area contributed by atoms with Gasteiger partial charge in [-0.05, 0) is 27.7 Å². The number of rotatable bonds is 5. The van der Waals surface area contributed by atoms with E-state index in [9.17, 15) is 22.2 Å². The number of esters is 1. The molecule has 0 aliphatic carbocycles. The molecule has 0 saturated carbocycles. The summed E-state index contributed by atoms with van der Waals surface area (Å²) in [7, 11) is -2.01. The highest BCUT2D eigenvalue weighted by atomic mass is 32.2. The molecule has 0 aliphatic rings. The number of nitrogens with one attached hydrogen (secondary N) is 1. The molecule has 0 unspecified atom stereocenters. The Bertz CT molecular complexity index is 342. The van der Waals surface area contributed by atoms with Crippen LogP contribution < -0.4 is 10.5 Å². The van der Waals surface area contributed by atoms with Crippen LogP contribution in [0.5, 0.6) is 0 Å². The van der Waals surface area contributed by atoms with Gasteiger partial charge in [0.25, 0.3) is 0 Å². The molecule has 0 amide bonds. The predicted octanol–water partition coefficient (Wildman–Crippen LogP) is 0.859. The van der Waals surface area contributed by atoms with Gasteiger partial charge in [0.15, 0.2) is 0 Å². The normalized spacial score (nSPS) is 17.7. The number of hydrogen-bond donors (Lipinski definition) is 2. The highest BCUT2D eigenvalue weighted by Gasteiger charge is 2.48. The van der Waals surface area contributed by atoms with Gasteiger partial charge in [0.05, 0.1) is 22.3 Å². The van der Waals surface area contributed by atoms with E-state index in [1.165, 1.54) is 27.7 Å². The molecule has 0 fully saturated rings. The van der Waals surface area contributed by atoms with E-state index in [0.29, 0.717) is 0 Å². The highest BCUT2D eigenvalue weighted by Crippen LogP contribution is 2.24. The number of halogens is 3. The molecule has 0 aromatic rings. The molecule has 0 aromatic carbocycles. The van der Waals surface area contributed by atoms with E-state index in [0.717, 1.165) is 0 Å². The lowest BCUT2D eigenvalue weighted by atomic mass is 10.1. The summed E-state index contributed by atoms with van der Waals surface area (Å²) in [6.07, 6.45) is -4.81. The first-order chi connectivity index (χ1) is 8.41. The summed E-state index contributed by atoms with van der Waals surface area (Å²) in [4.78, 5) is 11.3. The first kappa shape index (κ1) is 18.3. The SMILES string of the molecule is CCOC(=O)[C@@H](N)[C@@H](N[S@@](=O)C(C)(C)C)C(F)(F)F. The minimum absolute atomic E-state index is 0.0839. The van der Waals surface area contributed by atoms with Crippen LogP contribution in [0.2, 0.25) is 0 Å². The molecular formula is C10H19F3N2O3S. The van der Waals surface area contributed by atoms with Crippen LogP contribution in [0.4, 0.5) is 13.2 Å². The zero-order valence-corrected chi connectivity index (χ0v) is 12.0. The Kier molecular flexibility index (Phi) is 6.43. The molecular weight excluding hydrogens is 285 g/mol. The van der Waals surface area contributed by atoms with Crippen molar-refractivity contribution < 1.29 is 26.9 Å². The third kappa shape index (κ3) is 5.87. The number of hydrogen-bond acceptors (Lipinski definition) is 4. The van der Waals surface area contributed by atoms with Crippen molar-refractivity contribution in [2.45, 2.75) is 50.7 Å². The second kappa shape index (κ2) is 6.67. The Labute approximate surface area is 112 Å². The third-order valence-corrected chi connectivity index (χ3v) is 3.64. The van der Waals surface area contributed by atoms with Gasteiger partial charge in [-0.15, -0.1) is 0 Å². The highest BCUT2D eigenvalue weighted by molar-refractivity contribution is 7.84. The van der Waals surface area contributed by atoms with E-state index >= 15 is 0 Å². The van der Waals surface area contributed by atoms with Crippen molar-refractivity contribution in [1.82, 2.24) is 4.72 Å². The van der Waals surface area contributed by atoms with Gasteiger partial charge in [0.1, 0.15) is 12.1 Å². The zero-order chi connectivity index (χ0) is 15.4. The summed E-state index contributed by atoms with van der Waals surface area (Å²) in [6.45, 7) is 5.87. The first-order valence-electron chi connectivity index (χ1n) is 5.58. The predicted molar refractivity (Wildman–Crippen MR) is 65.5 cm³/mol. The molecule has 0 rings (SSSR count). The van der Waals surface area contributed by atoms with Crippen molar-refractivity contribution >= 4 is 17.0 Å². The van der Waals surface area contributed by atoms with Gasteiger partial charge in [-0.1, -0.05) is 0 Å². The minimum atomic E-state index is -4.81. The van der Waals surface area contributed by atoms with Crippen molar-refractivity contribution in [3.63, 3.8) is 0 Å². The summed E-state index contributed by atoms with van der Waals surface area (Å²) in [5.41, 5.74) is 5.23. The molecule has 0 spiro atoms. The topological polar surface area (TPSA) is 81.4 Å². The number of alkyl halides is 3. The van der Waals surface area contributed by atoms with Gasteiger partial charge in [-0.3, -0.25) is 4.79 Å². The molecule has 0 bridgehead atoms. The molecule has 0 heterocycles. The van der Waals surface area contributed by atoms with E-state index < -0.39 is 40.0 Å². The monoisotopic (exact) mass is 304 g/mol. The Morgan fingerprint density at radius 3 is 2.16 bits per heavy atom. The van der Waals surface area contributed by atoms with E-state index in [4.69, 9.17) is 5.73 Å². The molecule has 3 atom stereocenters. The Hall–Kier alpha value is -0.670. The van der Waals surface area contributed by atoms with Crippen LogP contribution in [0.15, 0.2) is 0 Å². The quantitative estimate of drug-likeness (QED) is 0.738. The van der Waals surface area contributed by atoms with E-state index in [1.54, 1.807) is 0 Å². The summed E-state index contributed by atoms with van der Waals surface area (Å²) in [6, 6.07) is -4.39. The molecule has 114 valence electrons. The van der Waals surface area contributed by atoms with E-state index in [-0.39, 0.29) is 6.61 Å². The average Bonchev–Trinajstić information content (AvgIpc) is 2.21. The minimum Gasteiger partial charge on any atom is -0.465 e. The lowest BCUT2D eigenvalue weighted by Gasteiger charge is -2.28. The van der Waals surface area contributed by atoms with Crippen molar-refractivity contribution in [2.24, 2.45) is 5.73 Å². The molecule has 0 aliphatic heterocycles. The van der Waals surface area contributed by atoms with Crippen LogP contribution in [-0.2, 0) is 20.5 Å². The number of ether oxygens (including phenoxy) is 1. The van der Waals surface area contributed by atoms with Gasteiger partial charge in [-0.25, -0.2) is 8.93 Å². The first-order valence-corrected chi connectivity index (χ1v) is 6.73. The number of nitrogens with two attached hydrogens (primary N) is 1. The second-order valence-electron chi connectivity index (χ2n) is 4.80. The lowest BCUT2D eigenvalue weighted by Crippen LogP contribution is -2.59. The van der Waals surface area contributed by atoms with Gasteiger partial charge >= 0.3 is 12.1 Å². The average molecular weight is 304 g/mol. The Morgan fingerprint density at radius 2 is 1.84 bits per heavy atom. The van der Waals surface area contributed by atoms with Crippen LogP contribution in [0, 0.1) is 0 Å². The fourth-order valence-corrected chi connectivity index (χ4v) is 1.87. The maximum absolute atomic E-state index is 12.8. The van der Waals surface area contributed by atoms with Crippen LogP contribution in [-0.4, -0.2) is 39.8 Å². The third-order valence-electron chi connectivity index (χ3n) is 2.06. The van der Waals surface area contributed by atoms with E-state index in [1.807, 2.05) is 4.72 Å². The number of carbonyl (C=O) groups excluding carboxylic acids is 1. The van der Waals surface area contributed by atoms with Gasteiger partial charge < -0.3 is 10.5 Å². The van der Waals surface area contributed by atoms with E-state index in [2.05, 4.69) is 4.74 Å². The van der Waals surface area contributed by atoms with Crippen molar-refractivity contribution in [2.75, 3.05) is 6.61 Å². The molecule has 3 N–H and O–H groups in total. The molecule has 0 aromatic heterocycles. The summed E-state index contributed by atoms with van der Waals surface area (Å²) in [5, 5.41) is 0. The zero-order valence-electron chi connectivity index (χ0n) is 11.2. The smallest absolute Gasteiger partial charge is 0.406 e. The molecule has 19 heavy (non-hydrogen) atoms. The van der Waals surface area contributed by atoms with Gasteiger partial charge in [-0.2, -0.15) is 13.2 Å². The Morgan fingerprint density at radius 1 is 1.37 bits per heavy atom. The molecule has 5 nitrogen and oxygen atoms in total. The second-order valence-corrected chi connectivity index (χ2v) is 6.79. The maximum atomic E-state index is 12.8. The van der Waals surface area contributed by atoms with Crippen molar-refractivity contribution in [3.8, 4) is 0 Å². The fraction of sp³-hybridized carbons (Fsp3) is 0.900. The van der Waals surface area contributed by atoms with Crippen molar-refractivity contribution in [3.05, 3.63) is 0 Å². The summed E-state index contributed by atoms with van der Waals surface area (Å²) < 4.78 is 55.6. The number of carbonyl (C=O) groups is 1. The van der Waals surface area contributed by atoms with Crippen LogP contribution in [0.3, 0.4) is 0 Å². The van der Waals surface area contributed by atoms with Crippen LogP contribution in [0.25, 0.3) is 0 Å². The van der Waals surface area contributed by atoms with Crippen molar-refractivity contribution in [1.29, 1.82) is 0 Å². The summed E-state index contributed by atoms with van der Waals surface area (Å²) in [5.74, 6) is -1.19. The van der Waals surface area contributed by atoms with Crippen LogP contribution in [0.1, 0.15) is 27.7 Å². The Balaban J connectivity index is 5.05. The lowest BCUT2D eigenvalue weighted by molar-refractivity contribution is -0.170. The fourth-order valence-electron chi connectivity index (χ4n) is 1.01. The maximum Gasteiger partial charge on any atom is 0.406 e. The standard InChI is InChI=1S/C10H19F3N2O3S/c1-5-18-8(16)6(14)7(10(11,12)13)15-19(17)9(2,3)4/h6-7,15H,5,14H2,1-4H3/t6-,7+,19-/m0/s1. The molecule has 9 heteroatoms. The molecule has 0 saturated heterocycles. The van der Waals surface area contributed by atoms with Gasteiger partial charge in [0.2, 0.25) is 0 Å². The van der Waals surface area contributed by atoms with Crippen LogP contribution >= 0.6 is 0 Å². The molecule has 0 radical (unpaired) electrons. The summed E-state index contributed by atoms with van der Waals surface area (Å²) >= 11 is 0. The largest absolute Gasteiger partial charge is 0.465 e.